The maximum Gasteiger partial charge on any atom is 0.271 e. The molecule has 0 spiro atoms. The SMILES string of the molecule is CC(NC(=O)c1cscn1)c1nc(C(C)(C)C)no1. The topological polar surface area (TPSA) is 80.9 Å². The first-order valence-corrected chi connectivity index (χ1v) is 6.85. The first-order chi connectivity index (χ1) is 8.88. The van der Waals surface area contributed by atoms with E-state index in [0.29, 0.717) is 17.4 Å². The van der Waals surface area contributed by atoms with Crippen molar-refractivity contribution in [3.05, 3.63) is 28.3 Å². The number of aromatic nitrogens is 3. The van der Waals surface area contributed by atoms with E-state index in [0.717, 1.165) is 0 Å². The van der Waals surface area contributed by atoms with Gasteiger partial charge in [-0.05, 0) is 6.92 Å². The van der Waals surface area contributed by atoms with Gasteiger partial charge in [-0.1, -0.05) is 25.9 Å². The smallest absolute Gasteiger partial charge is 0.271 e. The molecule has 2 aromatic heterocycles. The molecular weight excluding hydrogens is 264 g/mol. The zero-order valence-electron chi connectivity index (χ0n) is 11.3. The molecule has 1 amide bonds. The number of carbonyl (C=O) groups excluding carboxylic acids is 1. The number of amides is 1. The van der Waals surface area contributed by atoms with Gasteiger partial charge < -0.3 is 9.84 Å². The van der Waals surface area contributed by atoms with Gasteiger partial charge in [-0.15, -0.1) is 11.3 Å². The van der Waals surface area contributed by atoms with Gasteiger partial charge in [0.05, 0.1) is 5.51 Å². The van der Waals surface area contributed by atoms with Crippen LogP contribution in [0, 0.1) is 0 Å². The van der Waals surface area contributed by atoms with Gasteiger partial charge in [0.25, 0.3) is 5.91 Å². The summed E-state index contributed by atoms with van der Waals surface area (Å²) in [5.74, 6) is 0.773. The van der Waals surface area contributed by atoms with Gasteiger partial charge in [-0.25, -0.2) is 4.98 Å². The minimum atomic E-state index is -0.349. The van der Waals surface area contributed by atoms with Crippen LogP contribution >= 0.6 is 11.3 Å². The van der Waals surface area contributed by atoms with Crippen molar-refractivity contribution in [1.29, 1.82) is 0 Å². The van der Waals surface area contributed by atoms with Crippen molar-refractivity contribution in [2.24, 2.45) is 0 Å². The molecular formula is C12H16N4O2S. The van der Waals surface area contributed by atoms with Gasteiger partial charge >= 0.3 is 0 Å². The molecule has 0 aliphatic heterocycles. The number of thiazole rings is 1. The van der Waals surface area contributed by atoms with Gasteiger partial charge in [-0.3, -0.25) is 4.79 Å². The summed E-state index contributed by atoms with van der Waals surface area (Å²) in [6.07, 6.45) is 0. The molecule has 0 saturated heterocycles. The molecule has 0 aliphatic rings. The highest BCUT2D eigenvalue weighted by Gasteiger charge is 2.24. The fourth-order valence-electron chi connectivity index (χ4n) is 1.37. The van der Waals surface area contributed by atoms with Gasteiger partial charge in [0.1, 0.15) is 11.7 Å². The molecule has 2 rings (SSSR count). The van der Waals surface area contributed by atoms with Gasteiger partial charge in [-0.2, -0.15) is 4.98 Å². The number of rotatable bonds is 3. The van der Waals surface area contributed by atoms with Gasteiger partial charge in [0, 0.05) is 10.8 Å². The Morgan fingerprint density at radius 2 is 2.21 bits per heavy atom. The minimum absolute atomic E-state index is 0.180. The normalized spacial score (nSPS) is 13.3. The summed E-state index contributed by atoms with van der Waals surface area (Å²) in [5.41, 5.74) is 1.83. The van der Waals surface area contributed by atoms with Crippen LogP contribution in [0.15, 0.2) is 15.4 Å². The summed E-state index contributed by atoms with van der Waals surface area (Å²) in [6.45, 7) is 7.80. The molecule has 19 heavy (non-hydrogen) atoms. The van der Waals surface area contributed by atoms with E-state index >= 15 is 0 Å². The standard InChI is InChI=1S/C12H16N4O2S/c1-7(14-9(17)8-5-19-6-13-8)10-15-11(16-18-10)12(2,3)4/h5-7H,1-4H3,(H,14,17). The van der Waals surface area contributed by atoms with Crippen LogP contribution in [0.2, 0.25) is 0 Å². The van der Waals surface area contributed by atoms with Crippen LogP contribution in [0.3, 0.4) is 0 Å². The molecule has 1 unspecified atom stereocenters. The monoisotopic (exact) mass is 280 g/mol. The molecule has 0 saturated carbocycles. The minimum Gasteiger partial charge on any atom is -0.339 e. The third kappa shape index (κ3) is 3.17. The quantitative estimate of drug-likeness (QED) is 0.933. The highest BCUT2D eigenvalue weighted by atomic mass is 32.1. The van der Waals surface area contributed by atoms with E-state index in [1.54, 1.807) is 17.8 Å². The predicted octanol–water partition coefficient (Wildman–Crippen LogP) is 2.31. The molecule has 102 valence electrons. The Labute approximate surface area is 115 Å². The lowest BCUT2D eigenvalue weighted by molar-refractivity contribution is 0.0928. The average molecular weight is 280 g/mol. The Bertz CT molecular complexity index is 557. The van der Waals surface area contributed by atoms with Gasteiger partial charge in [0.2, 0.25) is 5.89 Å². The van der Waals surface area contributed by atoms with E-state index in [1.165, 1.54) is 11.3 Å². The molecule has 1 N–H and O–H groups in total. The zero-order chi connectivity index (χ0) is 14.0. The maximum absolute atomic E-state index is 11.8. The van der Waals surface area contributed by atoms with Crippen molar-refractivity contribution in [3.8, 4) is 0 Å². The number of nitrogens with zero attached hydrogens (tertiary/aromatic N) is 3. The van der Waals surface area contributed by atoms with Crippen LogP contribution in [-0.4, -0.2) is 21.0 Å². The van der Waals surface area contributed by atoms with Crippen LogP contribution < -0.4 is 5.32 Å². The largest absolute Gasteiger partial charge is 0.339 e. The second-order valence-electron chi connectivity index (χ2n) is 5.28. The molecule has 0 aliphatic carbocycles. The van der Waals surface area contributed by atoms with E-state index in [2.05, 4.69) is 20.4 Å². The summed E-state index contributed by atoms with van der Waals surface area (Å²) in [7, 11) is 0. The Kier molecular flexibility index (Phi) is 3.66. The van der Waals surface area contributed by atoms with Crippen molar-refractivity contribution in [3.63, 3.8) is 0 Å². The van der Waals surface area contributed by atoms with Crippen molar-refractivity contribution >= 4 is 17.2 Å². The predicted molar refractivity (Wildman–Crippen MR) is 71.0 cm³/mol. The highest BCUT2D eigenvalue weighted by molar-refractivity contribution is 7.07. The Morgan fingerprint density at radius 3 is 2.74 bits per heavy atom. The lowest BCUT2D eigenvalue weighted by atomic mass is 9.96. The summed E-state index contributed by atoms with van der Waals surface area (Å²) in [5, 5.41) is 8.39. The van der Waals surface area contributed by atoms with Crippen LogP contribution in [0.1, 0.15) is 55.9 Å². The summed E-state index contributed by atoms with van der Waals surface area (Å²) >= 11 is 1.37. The first kappa shape index (κ1) is 13.7. The van der Waals surface area contributed by atoms with Gasteiger partial charge in [0.15, 0.2) is 5.82 Å². The second kappa shape index (κ2) is 5.08. The molecule has 2 heterocycles. The Balaban J connectivity index is 2.06. The molecule has 0 radical (unpaired) electrons. The maximum atomic E-state index is 11.8. The van der Waals surface area contributed by atoms with Crippen molar-refractivity contribution < 1.29 is 9.32 Å². The van der Waals surface area contributed by atoms with E-state index < -0.39 is 0 Å². The Morgan fingerprint density at radius 1 is 1.47 bits per heavy atom. The summed E-state index contributed by atoms with van der Waals surface area (Å²) < 4.78 is 5.18. The van der Waals surface area contributed by atoms with E-state index in [4.69, 9.17) is 4.52 Å². The number of nitrogens with one attached hydrogen (secondary N) is 1. The van der Waals surface area contributed by atoms with E-state index in [1.807, 2.05) is 20.8 Å². The second-order valence-corrected chi connectivity index (χ2v) is 5.99. The molecule has 2 aromatic rings. The molecule has 6 nitrogen and oxygen atoms in total. The molecule has 0 bridgehead atoms. The Hall–Kier alpha value is -1.76. The third-order valence-corrected chi connectivity index (χ3v) is 3.08. The van der Waals surface area contributed by atoms with Crippen LogP contribution in [0.25, 0.3) is 0 Å². The molecule has 7 heteroatoms. The lowest BCUT2D eigenvalue weighted by Gasteiger charge is -2.11. The van der Waals surface area contributed by atoms with Crippen LogP contribution in [0.4, 0.5) is 0 Å². The van der Waals surface area contributed by atoms with Crippen molar-refractivity contribution in [2.75, 3.05) is 0 Å². The number of carbonyl (C=O) groups is 1. The van der Waals surface area contributed by atoms with E-state index in [9.17, 15) is 4.79 Å². The fraction of sp³-hybridized carbons (Fsp3) is 0.500. The van der Waals surface area contributed by atoms with E-state index in [-0.39, 0.29) is 17.4 Å². The molecule has 0 aromatic carbocycles. The average Bonchev–Trinajstić information content (AvgIpc) is 3.00. The van der Waals surface area contributed by atoms with Crippen LogP contribution in [0.5, 0.6) is 0 Å². The first-order valence-electron chi connectivity index (χ1n) is 5.91. The summed E-state index contributed by atoms with van der Waals surface area (Å²) in [6, 6.07) is -0.349. The van der Waals surface area contributed by atoms with Crippen molar-refractivity contribution in [2.45, 2.75) is 39.2 Å². The molecule has 1 atom stereocenters. The van der Waals surface area contributed by atoms with Crippen molar-refractivity contribution in [1.82, 2.24) is 20.4 Å². The summed E-state index contributed by atoms with van der Waals surface area (Å²) in [4.78, 5) is 20.1. The number of hydrogen-bond acceptors (Lipinski definition) is 6. The molecule has 0 fully saturated rings. The zero-order valence-corrected chi connectivity index (χ0v) is 12.1. The van der Waals surface area contributed by atoms with Crippen LogP contribution in [-0.2, 0) is 5.41 Å². The highest BCUT2D eigenvalue weighted by Crippen LogP contribution is 2.20. The fourth-order valence-corrected chi connectivity index (χ4v) is 1.90. The third-order valence-electron chi connectivity index (χ3n) is 2.50. The lowest BCUT2D eigenvalue weighted by Crippen LogP contribution is -2.27. The number of hydrogen-bond donors (Lipinski definition) is 1.